The number of likely N-dealkylation sites (tertiary alicyclic amines) is 1. The number of hydrogen-bond acceptors (Lipinski definition) is 1. The first kappa shape index (κ1) is 11.7. The first-order valence-electron chi connectivity index (χ1n) is 5.47. The number of amides is 2. The molecule has 4 heteroatoms. The van der Waals surface area contributed by atoms with Gasteiger partial charge in [0.15, 0.2) is 0 Å². The summed E-state index contributed by atoms with van der Waals surface area (Å²) in [5.41, 5.74) is 1.27. The van der Waals surface area contributed by atoms with Crippen LogP contribution in [0.2, 0.25) is 0 Å². The van der Waals surface area contributed by atoms with Gasteiger partial charge in [-0.2, -0.15) is 0 Å². The highest BCUT2D eigenvalue weighted by Crippen LogP contribution is 2.34. The van der Waals surface area contributed by atoms with Gasteiger partial charge in [0, 0.05) is 17.2 Å². The van der Waals surface area contributed by atoms with Crippen molar-refractivity contribution in [2.75, 3.05) is 13.6 Å². The number of nitrogens with zero attached hydrogens (tertiary/aromatic N) is 1. The van der Waals surface area contributed by atoms with Crippen LogP contribution in [0.4, 0.5) is 4.79 Å². The minimum Gasteiger partial charge on any atom is -0.341 e. The van der Waals surface area contributed by atoms with Crippen molar-refractivity contribution in [2.24, 2.45) is 0 Å². The average molecular weight is 330 g/mol. The second-order valence-electron chi connectivity index (χ2n) is 3.93. The molecule has 2 amide bonds. The minimum atomic E-state index is 0.0298. The van der Waals surface area contributed by atoms with Crippen molar-refractivity contribution in [1.82, 2.24) is 10.2 Å². The van der Waals surface area contributed by atoms with E-state index in [-0.39, 0.29) is 12.1 Å². The van der Waals surface area contributed by atoms with E-state index in [0.29, 0.717) is 0 Å². The third-order valence-corrected chi connectivity index (χ3v) is 3.97. The fourth-order valence-corrected chi connectivity index (χ4v) is 2.97. The summed E-state index contributed by atoms with van der Waals surface area (Å²) in [6, 6.07) is 8.56. The first-order valence-corrected chi connectivity index (χ1v) is 6.54. The summed E-state index contributed by atoms with van der Waals surface area (Å²) in [6.45, 7) is 0.856. The lowest BCUT2D eigenvalue weighted by molar-refractivity contribution is 0.195. The van der Waals surface area contributed by atoms with Crippen molar-refractivity contribution in [3.05, 3.63) is 33.4 Å². The number of carbonyl (C=O) groups is 1. The molecule has 1 N–H and O–H groups in total. The highest BCUT2D eigenvalue weighted by Gasteiger charge is 2.30. The maximum Gasteiger partial charge on any atom is 0.317 e. The predicted octanol–water partition coefficient (Wildman–Crippen LogP) is 2.77. The maximum atomic E-state index is 11.7. The summed E-state index contributed by atoms with van der Waals surface area (Å²) in [5.74, 6) is 0. The quantitative estimate of drug-likeness (QED) is 0.789. The van der Waals surface area contributed by atoms with E-state index < -0.39 is 0 Å². The molecule has 1 saturated heterocycles. The molecule has 1 aromatic rings. The number of benzene rings is 1. The van der Waals surface area contributed by atoms with Crippen molar-refractivity contribution >= 4 is 28.6 Å². The third kappa shape index (κ3) is 2.16. The zero-order chi connectivity index (χ0) is 11.5. The molecule has 16 heavy (non-hydrogen) atoms. The topological polar surface area (TPSA) is 32.3 Å². The Balaban J connectivity index is 2.27. The molecule has 0 spiro atoms. The van der Waals surface area contributed by atoms with Crippen molar-refractivity contribution in [3.8, 4) is 0 Å². The Kier molecular flexibility index (Phi) is 3.68. The van der Waals surface area contributed by atoms with Gasteiger partial charge in [-0.25, -0.2) is 4.79 Å². The summed E-state index contributed by atoms with van der Waals surface area (Å²) in [7, 11) is 1.69. The SMILES string of the molecule is CNC(=O)N1CCC[C@@H]1c1ccccc1I. The third-order valence-electron chi connectivity index (χ3n) is 2.99. The van der Waals surface area contributed by atoms with Gasteiger partial charge in [0.25, 0.3) is 0 Å². The lowest BCUT2D eigenvalue weighted by atomic mass is 10.1. The number of urea groups is 1. The van der Waals surface area contributed by atoms with Crippen LogP contribution in [0.1, 0.15) is 24.4 Å². The molecular weight excluding hydrogens is 315 g/mol. The lowest BCUT2D eigenvalue weighted by Crippen LogP contribution is -2.37. The first-order chi connectivity index (χ1) is 7.74. The van der Waals surface area contributed by atoms with Crippen molar-refractivity contribution < 1.29 is 4.79 Å². The van der Waals surface area contributed by atoms with Gasteiger partial charge in [-0.15, -0.1) is 0 Å². The minimum absolute atomic E-state index is 0.0298. The van der Waals surface area contributed by atoms with Gasteiger partial charge in [0.05, 0.1) is 6.04 Å². The standard InChI is InChI=1S/C12H15IN2O/c1-14-12(16)15-8-4-7-11(15)9-5-2-3-6-10(9)13/h2-3,5-6,11H,4,7-8H2,1H3,(H,14,16)/t11-/m1/s1. The molecule has 1 heterocycles. The van der Waals surface area contributed by atoms with Crippen LogP contribution in [-0.4, -0.2) is 24.5 Å². The number of rotatable bonds is 1. The lowest BCUT2D eigenvalue weighted by Gasteiger charge is -2.25. The van der Waals surface area contributed by atoms with Crippen molar-refractivity contribution in [1.29, 1.82) is 0 Å². The largest absolute Gasteiger partial charge is 0.341 e. The summed E-state index contributed by atoms with van der Waals surface area (Å²) in [4.78, 5) is 13.6. The molecule has 1 atom stereocenters. The molecule has 0 aliphatic carbocycles. The normalized spacial score (nSPS) is 19.9. The van der Waals surface area contributed by atoms with Gasteiger partial charge in [-0.1, -0.05) is 18.2 Å². The maximum absolute atomic E-state index is 11.7. The molecule has 1 aliphatic rings. The van der Waals surface area contributed by atoms with Crippen LogP contribution >= 0.6 is 22.6 Å². The Bertz CT molecular complexity index is 394. The molecule has 0 unspecified atom stereocenters. The summed E-state index contributed by atoms with van der Waals surface area (Å²) < 4.78 is 1.24. The van der Waals surface area contributed by atoms with Crippen molar-refractivity contribution in [2.45, 2.75) is 18.9 Å². The zero-order valence-electron chi connectivity index (χ0n) is 9.24. The molecule has 2 rings (SSSR count). The van der Waals surface area contributed by atoms with Gasteiger partial charge in [-0.3, -0.25) is 0 Å². The van der Waals surface area contributed by atoms with E-state index in [1.807, 2.05) is 17.0 Å². The monoisotopic (exact) mass is 330 g/mol. The number of halogens is 1. The van der Waals surface area contributed by atoms with Crippen LogP contribution in [0.25, 0.3) is 0 Å². The Hall–Kier alpha value is -0.780. The molecule has 86 valence electrons. The van der Waals surface area contributed by atoms with Gasteiger partial charge in [-0.05, 0) is 47.1 Å². The van der Waals surface area contributed by atoms with Crippen LogP contribution < -0.4 is 5.32 Å². The Morgan fingerprint density at radius 2 is 2.25 bits per heavy atom. The van der Waals surface area contributed by atoms with Crippen LogP contribution in [0.5, 0.6) is 0 Å². The molecule has 1 aliphatic heterocycles. The van der Waals surface area contributed by atoms with Gasteiger partial charge < -0.3 is 10.2 Å². The average Bonchev–Trinajstić information content (AvgIpc) is 2.77. The molecule has 0 radical (unpaired) electrons. The molecule has 1 fully saturated rings. The number of nitrogens with one attached hydrogen (secondary N) is 1. The smallest absolute Gasteiger partial charge is 0.317 e. The van der Waals surface area contributed by atoms with Crippen LogP contribution in [0, 0.1) is 3.57 Å². The highest BCUT2D eigenvalue weighted by molar-refractivity contribution is 14.1. The summed E-state index contributed by atoms with van der Waals surface area (Å²) >= 11 is 2.34. The van der Waals surface area contributed by atoms with E-state index in [2.05, 4.69) is 40.0 Å². The van der Waals surface area contributed by atoms with E-state index in [4.69, 9.17) is 0 Å². The Morgan fingerprint density at radius 3 is 2.94 bits per heavy atom. The fraction of sp³-hybridized carbons (Fsp3) is 0.417. The molecule has 0 bridgehead atoms. The number of hydrogen-bond donors (Lipinski definition) is 1. The van der Waals surface area contributed by atoms with E-state index in [9.17, 15) is 4.79 Å². The van der Waals surface area contributed by atoms with E-state index in [1.165, 1.54) is 9.13 Å². The summed E-state index contributed by atoms with van der Waals surface area (Å²) in [5, 5.41) is 2.71. The zero-order valence-corrected chi connectivity index (χ0v) is 11.4. The van der Waals surface area contributed by atoms with E-state index in [0.717, 1.165) is 19.4 Å². The van der Waals surface area contributed by atoms with E-state index >= 15 is 0 Å². The van der Waals surface area contributed by atoms with Crippen molar-refractivity contribution in [3.63, 3.8) is 0 Å². The Morgan fingerprint density at radius 1 is 1.50 bits per heavy atom. The molecular formula is C12H15IN2O. The van der Waals surface area contributed by atoms with E-state index in [1.54, 1.807) is 7.05 Å². The predicted molar refractivity (Wildman–Crippen MR) is 72.3 cm³/mol. The second-order valence-corrected chi connectivity index (χ2v) is 5.09. The van der Waals surface area contributed by atoms with Gasteiger partial charge in [0.2, 0.25) is 0 Å². The molecule has 0 saturated carbocycles. The van der Waals surface area contributed by atoms with Crippen LogP contribution in [0.3, 0.4) is 0 Å². The fourth-order valence-electron chi connectivity index (χ4n) is 2.22. The molecule has 1 aromatic carbocycles. The molecule has 0 aromatic heterocycles. The molecule has 3 nitrogen and oxygen atoms in total. The van der Waals surface area contributed by atoms with Gasteiger partial charge >= 0.3 is 6.03 Å². The Labute approximate surface area is 109 Å². The number of carbonyl (C=O) groups excluding carboxylic acids is 1. The van der Waals surface area contributed by atoms with Gasteiger partial charge in [0.1, 0.15) is 0 Å². The highest BCUT2D eigenvalue weighted by atomic mass is 127. The summed E-state index contributed by atoms with van der Waals surface area (Å²) in [6.07, 6.45) is 2.15. The van der Waals surface area contributed by atoms with Crippen LogP contribution in [0.15, 0.2) is 24.3 Å². The van der Waals surface area contributed by atoms with Crippen LogP contribution in [-0.2, 0) is 0 Å². The second kappa shape index (κ2) is 5.03.